The van der Waals surface area contributed by atoms with Crippen LogP contribution in [0.4, 0.5) is 0 Å². The summed E-state index contributed by atoms with van der Waals surface area (Å²) in [6.45, 7) is 4.36. The van der Waals surface area contributed by atoms with Crippen molar-refractivity contribution in [2.24, 2.45) is 5.16 Å². The van der Waals surface area contributed by atoms with E-state index in [1.54, 1.807) is 6.20 Å². The maximum atomic E-state index is 11.0. The van der Waals surface area contributed by atoms with E-state index in [2.05, 4.69) is 17.2 Å². The number of carbonyl (C=O) groups is 1. The summed E-state index contributed by atoms with van der Waals surface area (Å²) < 4.78 is 1.82. The zero-order valence-electron chi connectivity index (χ0n) is 9.88. The molecule has 0 radical (unpaired) electrons. The highest BCUT2D eigenvalue weighted by molar-refractivity contribution is 6.03. The number of aromatic nitrogens is 2. The van der Waals surface area contributed by atoms with Crippen molar-refractivity contribution in [2.75, 3.05) is 0 Å². The van der Waals surface area contributed by atoms with E-state index in [9.17, 15) is 4.79 Å². The van der Waals surface area contributed by atoms with Gasteiger partial charge in [0.05, 0.1) is 5.69 Å². The monoisotopic (exact) mass is 237 g/mol. The summed E-state index contributed by atoms with van der Waals surface area (Å²) in [5, 5.41) is 17.1. The van der Waals surface area contributed by atoms with Crippen LogP contribution in [0, 0.1) is 0 Å². The van der Waals surface area contributed by atoms with Crippen molar-refractivity contribution in [1.29, 1.82) is 0 Å². The quantitative estimate of drug-likeness (QED) is 0.855. The van der Waals surface area contributed by atoms with Gasteiger partial charge in [-0.2, -0.15) is 5.10 Å². The summed E-state index contributed by atoms with van der Waals surface area (Å²) in [4.78, 5) is 16.0. The van der Waals surface area contributed by atoms with E-state index in [4.69, 9.17) is 9.94 Å². The Balaban J connectivity index is 2.20. The molecule has 1 aliphatic rings. The number of aliphatic carboxylic acids is 1. The van der Waals surface area contributed by atoms with Crippen LogP contribution in [0.25, 0.3) is 0 Å². The molecule has 1 aliphatic heterocycles. The average Bonchev–Trinajstić information content (AvgIpc) is 2.86. The zero-order chi connectivity index (χ0) is 12.5. The van der Waals surface area contributed by atoms with Gasteiger partial charge in [-0.1, -0.05) is 12.1 Å². The Labute approximate surface area is 98.9 Å². The van der Waals surface area contributed by atoms with Gasteiger partial charge in [0.25, 0.3) is 0 Å². The van der Waals surface area contributed by atoms with E-state index in [1.807, 2.05) is 10.7 Å². The first kappa shape index (κ1) is 11.6. The molecule has 0 aliphatic carbocycles. The Hall–Kier alpha value is -1.85. The lowest BCUT2D eigenvalue weighted by Gasteiger charge is -2.14. The van der Waals surface area contributed by atoms with Crippen molar-refractivity contribution >= 4 is 11.7 Å². The van der Waals surface area contributed by atoms with Gasteiger partial charge in [-0.3, -0.25) is 4.68 Å². The lowest BCUT2D eigenvalue weighted by molar-refractivity contribution is -0.160. The van der Waals surface area contributed by atoms with Crippen LogP contribution in [0.5, 0.6) is 0 Å². The van der Waals surface area contributed by atoms with E-state index >= 15 is 0 Å². The molecule has 0 spiro atoms. The Morgan fingerprint density at radius 1 is 1.71 bits per heavy atom. The Bertz CT molecular complexity index is 466. The van der Waals surface area contributed by atoms with Gasteiger partial charge in [-0.15, -0.1) is 0 Å². The number of rotatable bonds is 4. The highest BCUT2D eigenvalue weighted by atomic mass is 16.7. The number of hydrogen-bond acceptors (Lipinski definition) is 4. The van der Waals surface area contributed by atoms with Gasteiger partial charge >= 0.3 is 5.97 Å². The van der Waals surface area contributed by atoms with Crippen molar-refractivity contribution in [1.82, 2.24) is 9.78 Å². The molecular formula is C11H15N3O3. The predicted molar refractivity (Wildman–Crippen MR) is 60.8 cm³/mol. The molecule has 0 aromatic carbocycles. The fourth-order valence-electron chi connectivity index (χ4n) is 1.76. The molecule has 2 heterocycles. The Morgan fingerprint density at radius 3 is 3.06 bits per heavy atom. The zero-order valence-corrected chi connectivity index (χ0v) is 9.88. The second-order valence-corrected chi connectivity index (χ2v) is 4.28. The summed E-state index contributed by atoms with van der Waals surface area (Å²) in [5.41, 5.74) is 0.217. The number of hydrogen-bond donors (Lipinski definition) is 1. The lowest BCUT2D eigenvalue weighted by atomic mass is 9.99. The number of nitrogens with zero attached hydrogens (tertiary/aromatic N) is 3. The fourth-order valence-corrected chi connectivity index (χ4v) is 1.76. The van der Waals surface area contributed by atoms with Crippen LogP contribution in [0.2, 0.25) is 0 Å². The van der Waals surface area contributed by atoms with E-state index in [-0.39, 0.29) is 6.42 Å². The van der Waals surface area contributed by atoms with Gasteiger partial charge < -0.3 is 9.94 Å². The van der Waals surface area contributed by atoms with Crippen molar-refractivity contribution in [3.63, 3.8) is 0 Å². The Kier molecular flexibility index (Phi) is 2.87. The summed E-state index contributed by atoms with van der Waals surface area (Å²) in [6.07, 6.45) is 2.90. The summed E-state index contributed by atoms with van der Waals surface area (Å²) in [6, 6.07) is 1.82. The molecule has 92 valence electrons. The third-order valence-corrected chi connectivity index (χ3v) is 2.76. The smallest absolute Gasteiger partial charge is 0.351 e. The first-order valence-corrected chi connectivity index (χ1v) is 5.57. The SMILES string of the molecule is CCCn1nccc1C1=NOC(C)(C(=O)O)C1. The van der Waals surface area contributed by atoms with Crippen molar-refractivity contribution in [3.05, 3.63) is 18.0 Å². The van der Waals surface area contributed by atoms with Crippen LogP contribution < -0.4 is 0 Å². The van der Waals surface area contributed by atoms with Crippen molar-refractivity contribution < 1.29 is 14.7 Å². The molecule has 0 amide bonds. The molecule has 6 nitrogen and oxygen atoms in total. The topological polar surface area (TPSA) is 76.7 Å². The summed E-state index contributed by atoms with van der Waals surface area (Å²) in [7, 11) is 0. The second-order valence-electron chi connectivity index (χ2n) is 4.28. The number of oxime groups is 1. The molecule has 0 fully saturated rings. The standard InChI is InChI=1S/C11H15N3O3/c1-3-6-14-9(4-5-12-14)8-7-11(2,10(15)16)17-13-8/h4-5H,3,6-7H2,1-2H3,(H,15,16). The maximum absolute atomic E-state index is 11.0. The third-order valence-electron chi connectivity index (χ3n) is 2.76. The van der Waals surface area contributed by atoms with E-state index in [1.165, 1.54) is 6.92 Å². The molecule has 17 heavy (non-hydrogen) atoms. The van der Waals surface area contributed by atoms with Gasteiger partial charge in [0.2, 0.25) is 5.60 Å². The molecule has 2 rings (SSSR count). The summed E-state index contributed by atoms with van der Waals surface area (Å²) >= 11 is 0. The molecule has 1 aromatic rings. The van der Waals surface area contributed by atoms with Gasteiger partial charge in [0.15, 0.2) is 0 Å². The minimum absolute atomic E-state index is 0.262. The van der Waals surface area contributed by atoms with Crippen molar-refractivity contribution in [3.8, 4) is 0 Å². The van der Waals surface area contributed by atoms with Gasteiger partial charge in [0.1, 0.15) is 5.71 Å². The van der Waals surface area contributed by atoms with E-state index in [0.717, 1.165) is 18.7 Å². The minimum Gasteiger partial charge on any atom is -0.478 e. The molecule has 0 saturated carbocycles. The predicted octanol–water partition coefficient (Wildman–Crippen LogP) is 1.26. The molecule has 1 atom stereocenters. The largest absolute Gasteiger partial charge is 0.478 e. The second kappa shape index (κ2) is 4.20. The molecule has 0 saturated heterocycles. The van der Waals surface area contributed by atoms with Gasteiger partial charge in [-0.25, -0.2) is 4.79 Å². The van der Waals surface area contributed by atoms with Gasteiger partial charge in [0, 0.05) is 19.2 Å². The van der Waals surface area contributed by atoms with Crippen LogP contribution in [-0.4, -0.2) is 32.2 Å². The highest BCUT2D eigenvalue weighted by Crippen LogP contribution is 2.26. The fraction of sp³-hybridized carbons (Fsp3) is 0.545. The number of carboxylic acid groups (broad SMARTS) is 1. The highest BCUT2D eigenvalue weighted by Gasteiger charge is 2.43. The normalized spacial score (nSPS) is 23.3. The molecule has 1 unspecified atom stereocenters. The Morgan fingerprint density at radius 2 is 2.47 bits per heavy atom. The number of aryl methyl sites for hydroxylation is 1. The maximum Gasteiger partial charge on any atom is 0.351 e. The lowest BCUT2D eigenvalue weighted by Crippen LogP contribution is -2.35. The average molecular weight is 237 g/mol. The number of carboxylic acids is 1. The van der Waals surface area contributed by atoms with Gasteiger partial charge in [-0.05, 0) is 19.4 Å². The van der Waals surface area contributed by atoms with Crippen LogP contribution >= 0.6 is 0 Å². The van der Waals surface area contributed by atoms with Crippen LogP contribution in [0.1, 0.15) is 32.4 Å². The molecule has 1 aromatic heterocycles. The first-order chi connectivity index (χ1) is 8.07. The third kappa shape index (κ3) is 2.02. The van der Waals surface area contributed by atoms with Crippen molar-refractivity contribution in [2.45, 2.75) is 38.8 Å². The molecule has 0 bridgehead atoms. The molecule has 6 heteroatoms. The molecule has 1 N–H and O–H groups in total. The van der Waals surface area contributed by atoms with Crippen LogP contribution in [0.15, 0.2) is 17.4 Å². The summed E-state index contributed by atoms with van der Waals surface area (Å²) in [5.74, 6) is -1.00. The molecular weight excluding hydrogens is 222 g/mol. The van der Waals surface area contributed by atoms with Crippen LogP contribution in [0.3, 0.4) is 0 Å². The first-order valence-electron chi connectivity index (χ1n) is 5.57. The van der Waals surface area contributed by atoms with E-state index in [0.29, 0.717) is 5.71 Å². The van der Waals surface area contributed by atoms with Crippen LogP contribution in [-0.2, 0) is 16.2 Å². The minimum atomic E-state index is -1.25. The van der Waals surface area contributed by atoms with E-state index < -0.39 is 11.6 Å².